The molecule has 2 heterocycles. The fourth-order valence-corrected chi connectivity index (χ4v) is 2.62. The minimum atomic E-state index is -0.269. The number of rotatable bonds is 4. The number of hydrogen-bond acceptors (Lipinski definition) is 5. The molecule has 0 saturated carbocycles. The van der Waals surface area contributed by atoms with Crippen molar-refractivity contribution in [3.63, 3.8) is 0 Å². The van der Waals surface area contributed by atoms with Crippen LogP contribution in [-0.4, -0.2) is 30.8 Å². The van der Waals surface area contributed by atoms with E-state index < -0.39 is 0 Å². The van der Waals surface area contributed by atoms with Crippen LogP contribution in [0.5, 0.6) is 11.5 Å². The molecule has 0 aliphatic carbocycles. The highest BCUT2D eigenvalue weighted by Crippen LogP contribution is 2.37. The van der Waals surface area contributed by atoms with Crippen molar-refractivity contribution in [1.29, 1.82) is 0 Å². The molecule has 21 heavy (non-hydrogen) atoms. The number of nitrogens with zero attached hydrogens (tertiary/aromatic N) is 1. The molecule has 0 radical (unpaired) electrons. The van der Waals surface area contributed by atoms with Gasteiger partial charge in [0.25, 0.3) is 0 Å². The zero-order valence-corrected chi connectivity index (χ0v) is 12.1. The Labute approximate surface area is 126 Å². The first-order valence-corrected chi connectivity index (χ1v) is 7.53. The third kappa shape index (κ3) is 3.43. The number of hydrogen-bond donors (Lipinski definition) is 2. The summed E-state index contributed by atoms with van der Waals surface area (Å²) in [6, 6.07) is 5.15. The van der Waals surface area contributed by atoms with Crippen molar-refractivity contribution in [3.05, 3.63) is 34.8 Å². The van der Waals surface area contributed by atoms with Gasteiger partial charge in [-0.2, -0.15) is 0 Å². The molecule has 0 spiro atoms. The molecule has 2 aromatic rings. The third-order valence-electron chi connectivity index (χ3n) is 2.92. The summed E-state index contributed by atoms with van der Waals surface area (Å²) in [5, 5.41) is 8.50. The fourth-order valence-electron chi connectivity index (χ4n) is 2.00. The molecule has 0 saturated heterocycles. The van der Waals surface area contributed by atoms with Crippen LogP contribution in [0.2, 0.25) is 0 Å². The molecule has 6 nitrogen and oxygen atoms in total. The smallest absolute Gasteiger partial charge is 0.319 e. The second-order valence-electron chi connectivity index (χ2n) is 4.39. The van der Waals surface area contributed by atoms with Gasteiger partial charge >= 0.3 is 6.03 Å². The Morgan fingerprint density at radius 2 is 2.24 bits per heavy atom. The number of carbonyl (C=O) groups excluding carboxylic acids is 1. The van der Waals surface area contributed by atoms with Gasteiger partial charge in [-0.05, 0) is 12.1 Å². The molecule has 7 heteroatoms. The molecular weight excluding hydrogens is 290 g/mol. The zero-order valence-electron chi connectivity index (χ0n) is 11.3. The van der Waals surface area contributed by atoms with Crippen LogP contribution < -0.4 is 20.1 Å². The van der Waals surface area contributed by atoms with Gasteiger partial charge in [0, 0.05) is 24.5 Å². The van der Waals surface area contributed by atoms with Crippen molar-refractivity contribution in [2.75, 3.05) is 25.1 Å². The van der Waals surface area contributed by atoms with E-state index in [2.05, 4.69) is 15.6 Å². The number of anilines is 1. The average molecular weight is 305 g/mol. The van der Waals surface area contributed by atoms with Crippen LogP contribution in [0.3, 0.4) is 0 Å². The lowest BCUT2D eigenvalue weighted by Gasteiger charge is -2.21. The molecule has 0 atom stereocenters. The van der Waals surface area contributed by atoms with E-state index in [-0.39, 0.29) is 6.03 Å². The highest BCUT2D eigenvalue weighted by Gasteiger charge is 2.16. The van der Waals surface area contributed by atoms with E-state index in [9.17, 15) is 4.79 Å². The molecule has 1 aliphatic heterocycles. The first-order chi connectivity index (χ1) is 10.3. The van der Waals surface area contributed by atoms with Crippen LogP contribution in [0.15, 0.2) is 29.8 Å². The largest absolute Gasteiger partial charge is 0.486 e. The number of ether oxygens (including phenoxy) is 2. The summed E-state index contributed by atoms with van der Waals surface area (Å²) in [5.74, 6) is 1.24. The molecule has 0 unspecified atom stereocenters. The Kier molecular flexibility index (Phi) is 4.20. The predicted octanol–water partition coefficient (Wildman–Crippen LogP) is 2.28. The van der Waals surface area contributed by atoms with Crippen molar-refractivity contribution in [2.24, 2.45) is 0 Å². The lowest BCUT2D eigenvalue weighted by molar-refractivity contribution is 0.172. The summed E-state index contributed by atoms with van der Waals surface area (Å²) in [6.45, 7) is 1.54. The number of urea groups is 1. The number of nitrogens with one attached hydrogen (secondary N) is 2. The first-order valence-electron chi connectivity index (χ1n) is 6.65. The third-order valence-corrected chi connectivity index (χ3v) is 3.76. The number of benzene rings is 1. The summed E-state index contributed by atoms with van der Waals surface area (Å²) in [6.07, 6.45) is 2.48. The van der Waals surface area contributed by atoms with E-state index in [1.54, 1.807) is 23.6 Å². The topological polar surface area (TPSA) is 72.5 Å². The standard InChI is InChI=1S/C14H15N3O3S/c18-14(16-5-4-12-15-6-9-21-12)17-10-2-1-3-11-13(10)20-8-7-19-11/h1-3,6,9H,4-5,7-8H2,(H2,16,17,18). The van der Waals surface area contributed by atoms with Crippen molar-refractivity contribution < 1.29 is 14.3 Å². The monoisotopic (exact) mass is 305 g/mol. The van der Waals surface area contributed by atoms with Gasteiger partial charge in [-0.3, -0.25) is 0 Å². The van der Waals surface area contributed by atoms with Gasteiger partial charge in [-0.15, -0.1) is 11.3 Å². The molecule has 2 amide bonds. The van der Waals surface area contributed by atoms with Crippen molar-refractivity contribution in [1.82, 2.24) is 10.3 Å². The van der Waals surface area contributed by atoms with Gasteiger partial charge in [-0.1, -0.05) is 6.07 Å². The second-order valence-corrected chi connectivity index (χ2v) is 5.37. The molecule has 1 aromatic carbocycles. The second kappa shape index (κ2) is 6.45. The van der Waals surface area contributed by atoms with Gasteiger partial charge in [-0.25, -0.2) is 9.78 Å². The maximum atomic E-state index is 11.9. The van der Waals surface area contributed by atoms with Gasteiger partial charge in [0.05, 0.1) is 10.7 Å². The molecule has 1 aliphatic rings. The minimum absolute atomic E-state index is 0.269. The summed E-state index contributed by atoms with van der Waals surface area (Å²) in [7, 11) is 0. The minimum Gasteiger partial charge on any atom is -0.486 e. The van der Waals surface area contributed by atoms with Crippen LogP contribution in [-0.2, 0) is 6.42 Å². The molecule has 0 fully saturated rings. The number of aromatic nitrogens is 1. The summed E-state index contributed by atoms with van der Waals surface area (Å²) < 4.78 is 11.0. The van der Waals surface area contributed by atoms with Crippen molar-refractivity contribution in [2.45, 2.75) is 6.42 Å². The number of para-hydroxylation sites is 1. The highest BCUT2D eigenvalue weighted by atomic mass is 32.1. The Hall–Kier alpha value is -2.28. The quantitative estimate of drug-likeness (QED) is 0.909. The lowest BCUT2D eigenvalue weighted by Crippen LogP contribution is -2.31. The summed E-state index contributed by atoms with van der Waals surface area (Å²) >= 11 is 1.58. The number of carbonyl (C=O) groups is 1. The predicted molar refractivity (Wildman–Crippen MR) is 80.3 cm³/mol. The zero-order chi connectivity index (χ0) is 14.5. The molecular formula is C14H15N3O3S. The van der Waals surface area contributed by atoms with Gasteiger partial charge in [0.2, 0.25) is 0 Å². The Morgan fingerprint density at radius 1 is 1.33 bits per heavy atom. The first kappa shape index (κ1) is 13.7. The Bertz CT molecular complexity index is 616. The normalized spacial score (nSPS) is 12.8. The van der Waals surface area contributed by atoms with E-state index in [0.29, 0.717) is 36.9 Å². The van der Waals surface area contributed by atoms with Gasteiger partial charge < -0.3 is 20.1 Å². The van der Waals surface area contributed by atoms with Crippen LogP contribution >= 0.6 is 11.3 Å². The van der Waals surface area contributed by atoms with Gasteiger partial charge in [0.1, 0.15) is 13.2 Å². The average Bonchev–Trinajstić information content (AvgIpc) is 3.01. The van der Waals surface area contributed by atoms with E-state index in [1.807, 2.05) is 17.5 Å². The maximum absolute atomic E-state index is 11.9. The van der Waals surface area contributed by atoms with E-state index >= 15 is 0 Å². The SMILES string of the molecule is O=C(NCCc1nccs1)Nc1cccc2c1OCCO2. The van der Waals surface area contributed by atoms with Crippen LogP contribution in [0.1, 0.15) is 5.01 Å². The maximum Gasteiger partial charge on any atom is 0.319 e. The molecule has 1 aromatic heterocycles. The van der Waals surface area contributed by atoms with E-state index in [4.69, 9.17) is 9.47 Å². The molecule has 2 N–H and O–H groups in total. The van der Waals surface area contributed by atoms with Crippen LogP contribution in [0.4, 0.5) is 10.5 Å². The van der Waals surface area contributed by atoms with Crippen LogP contribution in [0.25, 0.3) is 0 Å². The molecule has 0 bridgehead atoms. The molecule has 3 rings (SSSR count). The summed E-state index contributed by atoms with van der Waals surface area (Å²) in [4.78, 5) is 16.1. The van der Waals surface area contributed by atoms with E-state index in [0.717, 1.165) is 11.4 Å². The Balaban J connectivity index is 1.55. The number of thiazole rings is 1. The fraction of sp³-hybridized carbons (Fsp3) is 0.286. The number of amides is 2. The van der Waals surface area contributed by atoms with Crippen molar-refractivity contribution in [3.8, 4) is 11.5 Å². The van der Waals surface area contributed by atoms with E-state index in [1.165, 1.54) is 0 Å². The molecule has 110 valence electrons. The lowest BCUT2D eigenvalue weighted by atomic mass is 10.2. The Morgan fingerprint density at radius 3 is 3.10 bits per heavy atom. The van der Waals surface area contributed by atoms with Gasteiger partial charge in [0.15, 0.2) is 11.5 Å². The van der Waals surface area contributed by atoms with Crippen LogP contribution in [0, 0.1) is 0 Å². The van der Waals surface area contributed by atoms with Crippen molar-refractivity contribution >= 4 is 23.1 Å². The number of fused-ring (bicyclic) bond motifs is 1. The summed E-state index contributed by atoms with van der Waals surface area (Å²) in [5.41, 5.74) is 0.610. The highest BCUT2D eigenvalue weighted by molar-refractivity contribution is 7.09.